The minimum Gasteiger partial charge on any atom is -0.306 e. The number of nitrogens with one attached hydrogen (secondary N) is 2. The lowest BCUT2D eigenvalue weighted by molar-refractivity contribution is 0.257. The Morgan fingerprint density at radius 3 is 2.97 bits per heavy atom. The largest absolute Gasteiger partial charge is 0.329 e. The molecule has 7 nitrogen and oxygen atoms in total. The lowest BCUT2D eigenvalue weighted by Crippen LogP contribution is -2.24. The number of pyridine rings is 1. The second kappa shape index (κ2) is 8.26. The standard InChI is InChI=1S/C25H26N6OS/c1-16-13-18-3-2-4-21(18)24(23(16)19-8-12-31-20(14-19)7-10-26-31)27-25(32)29-33-22-9-11-30(28-22)15-17-5-6-17/h7-14,17H,2-6,15H2,1H3,(H2,27,29,32). The summed E-state index contributed by atoms with van der Waals surface area (Å²) in [4.78, 5) is 13.0. The molecule has 4 aromatic rings. The molecular weight excluding hydrogens is 432 g/mol. The molecule has 0 aliphatic heterocycles. The summed E-state index contributed by atoms with van der Waals surface area (Å²) in [5, 5.41) is 12.8. The van der Waals surface area contributed by atoms with Crippen LogP contribution >= 0.6 is 11.9 Å². The van der Waals surface area contributed by atoms with Gasteiger partial charge in [0.2, 0.25) is 0 Å². The van der Waals surface area contributed by atoms with Crippen LogP contribution in [-0.4, -0.2) is 25.4 Å². The third-order valence-corrected chi connectivity index (χ3v) is 7.25. The topological polar surface area (TPSA) is 76.2 Å². The van der Waals surface area contributed by atoms with Crippen molar-refractivity contribution >= 4 is 29.2 Å². The van der Waals surface area contributed by atoms with Crippen molar-refractivity contribution in [1.29, 1.82) is 0 Å². The van der Waals surface area contributed by atoms with Gasteiger partial charge in [0.15, 0.2) is 0 Å². The van der Waals surface area contributed by atoms with Crippen molar-refractivity contribution in [3.05, 3.63) is 65.6 Å². The highest BCUT2D eigenvalue weighted by Crippen LogP contribution is 2.40. The maximum absolute atomic E-state index is 13.0. The van der Waals surface area contributed by atoms with Gasteiger partial charge < -0.3 is 5.32 Å². The van der Waals surface area contributed by atoms with Crippen molar-refractivity contribution in [1.82, 2.24) is 24.1 Å². The van der Waals surface area contributed by atoms with E-state index in [9.17, 15) is 4.79 Å². The SMILES string of the molecule is Cc1cc2c(c(NC(=O)NSc3ccn(CC4CC4)n3)c1-c1ccn3nccc3c1)CCC2. The van der Waals surface area contributed by atoms with E-state index in [1.54, 1.807) is 6.20 Å². The molecule has 0 radical (unpaired) electrons. The molecule has 2 aliphatic carbocycles. The molecule has 168 valence electrons. The number of amides is 2. The van der Waals surface area contributed by atoms with Gasteiger partial charge >= 0.3 is 6.03 Å². The van der Waals surface area contributed by atoms with Crippen LogP contribution in [0.4, 0.5) is 10.5 Å². The molecule has 2 aliphatic rings. The molecule has 0 unspecified atom stereocenters. The number of carbonyl (C=O) groups excluding carboxylic acids is 1. The van der Waals surface area contributed by atoms with Gasteiger partial charge in [-0.25, -0.2) is 9.31 Å². The Bertz CT molecular complexity index is 1350. The summed E-state index contributed by atoms with van der Waals surface area (Å²) >= 11 is 1.25. The number of hydrogen-bond acceptors (Lipinski definition) is 4. The summed E-state index contributed by atoms with van der Waals surface area (Å²) in [6, 6.07) is 10.2. The van der Waals surface area contributed by atoms with Crippen molar-refractivity contribution in [3.8, 4) is 11.1 Å². The molecule has 0 spiro atoms. The zero-order chi connectivity index (χ0) is 22.4. The highest BCUT2D eigenvalue weighted by atomic mass is 32.2. The normalized spacial score (nSPS) is 15.1. The van der Waals surface area contributed by atoms with Crippen LogP contribution < -0.4 is 10.0 Å². The number of hydrogen-bond donors (Lipinski definition) is 2. The first-order chi connectivity index (χ1) is 16.1. The zero-order valence-corrected chi connectivity index (χ0v) is 19.4. The van der Waals surface area contributed by atoms with Gasteiger partial charge in [0.1, 0.15) is 5.03 Å². The molecule has 3 heterocycles. The number of nitrogens with zero attached hydrogens (tertiary/aromatic N) is 4. The Balaban J connectivity index is 1.26. The van der Waals surface area contributed by atoms with Crippen molar-refractivity contribution in [2.24, 2.45) is 5.92 Å². The Labute approximate surface area is 196 Å². The summed E-state index contributed by atoms with van der Waals surface area (Å²) in [6.07, 6.45) is 11.5. The van der Waals surface area contributed by atoms with Crippen LogP contribution in [0.1, 0.15) is 36.0 Å². The fourth-order valence-corrected chi connectivity index (χ4v) is 5.31. The fourth-order valence-electron chi connectivity index (χ4n) is 4.78. The number of benzene rings is 1. The minimum atomic E-state index is -0.233. The highest BCUT2D eigenvalue weighted by Gasteiger charge is 2.24. The van der Waals surface area contributed by atoms with E-state index >= 15 is 0 Å². The predicted molar refractivity (Wildman–Crippen MR) is 130 cm³/mol. The number of carbonyl (C=O) groups is 1. The summed E-state index contributed by atoms with van der Waals surface area (Å²) < 4.78 is 6.74. The zero-order valence-electron chi connectivity index (χ0n) is 18.5. The molecular formula is C25H26N6OS. The number of anilines is 1. The molecule has 1 aromatic carbocycles. The Kier molecular flexibility index (Phi) is 5.10. The van der Waals surface area contributed by atoms with Gasteiger partial charge in [0.05, 0.1) is 11.2 Å². The first-order valence-corrected chi connectivity index (χ1v) is 12.3. The van der Waals surface area contributed by atoms with Crippen molar-refractivity contribution in [2.75, 3.05) is 5.32 Å². The molecule has 33 heavy (non-hydrogen) atoms. The number of aromatic nitrogens is 4. The van der Waals surface area contributed by atoms with Gasteiger partial charge in [0.25, 0.3) is 0 Å². The summed E-state index contributed by atoms with van der Waals surface area (Å²) in [7, 11) is 0. The molecule has 0 saturated heterocycles. The molecule has 3 aromatic heterocycles. The van der Waals surface area contributed by atoms with Crippen LogP contribution in [0.15, 0.2) is 53.9 Å². The van der Waals surface area contributed by atoms with Crippen LogP contribution in [0.3, 0.4) is 0 Å². The van der Waals surface area contributed by atoms with Gasteiger partial charge in [-0.05, 0) is 91.5 Å². The van der Waals surface area contributed by atoms with E-state index in [0.717, 1.165) is 59.1 Å². The van der Waals surface area contributed by atoms with Crippen LogP contribution in [0.2, 0.25) is 0 Å². The molecule has 2 amide bonds. The Morgan fingerprint density at radius 1 is 1.18 bits per heavy atom. The molecule has 1 fully saturated rings. The first kappa shape index (κ1) is 20.4. The van der Waals surface area contributed by atoms with Crippen molar-refractivity contribution in [3.63, 3.8) is 0 Å². The van der Waals surface area contributed by atoms with Gasteiger partial charge in [-0.15, -0.1) is 0 Å². The lowest BCUT2D eigenvalue weighted by Gasteiger charge is -2.19. The van der Waals surface area contributed by atoms with E-state index < -0.39 is 0 Å². The molecule has 0 atom stereocenters. The maximum Gasteiger partial charge on any atom is 0.329 e. The second-order valence-electron chi connectivity index (χ2n) is 9.03. The van der Waals surface area contributed by atoms with E-state index in [2.05, 4.69) is 45.4 Å². The molecule has 6 rings (SSSR count). The first-order valence-electron chi connectivity index (χ1n) is 11.5. The summed E-state index contributed by atoms with van der Waals surface area (Å²) in [5.41, 5.74) is 7.86. The third-order valence-electron chi connectivity index (χ3n) is 6.53. The molecule has 8 heteroatoms. The highest BCUT2D eigenvalue weighted by molar-refractivity contribution is 7.97. The van der Waals surface area contributed by atoms with E-state index in [0.29, 0.717) is 0 Å². The lowest BCUT2D eigenvalue weighted by atomic mass is 9.93. The fraction of sp³-hybridized carbons (Fsp3) is 0.320. The second-order valence-corrected chi connectivity index (χ2v) is 9.85. The number of rotatable bonds is 6. The molecule has 1 saturated carbocycles. The van der Waals surface area contributed by atoms with Crippen LogP contribution in [-0.2, 0) is 19.4 Å². The van der Waals surface area contributed by atoms with Crippen molar-refractivity contribution < 1.29 is 4.79 Å². The summed E-state index contributed by atoms with van der Waals surface area (Å²) in [6.45, 7) is 3.09. The Hall–Kier alpha value is -3.26. The predicted octanol–water partition coefficient (Wildman–Crippen LogP) is 5.23. The van der Waals surface area contributed by atoms with E-state index in [4.69, 9.17) is 0 Å². The van der Waals surface area contributed by atoms with Crippen molar-refractivity contribution in [2.45, 2.75) is 50.6 Å². The molecule has 0 bridgehead atoms. The van der Waals surface area contributed by atoms with Crippen LogP contribution in [0.25, 0.3) is 16.6 Å². The van der Waals surface area contributed by atoms with Gasteiger partial charge in [-0.1, -0.05) is 6.07 Å². The van der Waals surface area contributed by atoms with Gasteiger partial charge in [-0.3, -0.25) is 9.40 Å². The smallest absolute Gasteiger partial charge is 0.306 e. The minimum absolute atomic E-state index is 0.233. The summed E-state index contributed by atoms with van der Waals surface area (Å²) in [5.74, 6) is 0.766. The van der Waals surface area contributed by atoms with E-state index in [1.165, 1.54) is 41.5 Å². The van der Waals surface area contributed by atoms with E-state index in [1.807, 2.05) is 33.7 Å². The third kappa shape index (κ3) is 4.11. The maximum atomic E-state index is 13.0. The number of urea groups is 1. The molecule has 2 N–H and O–H groups in total. The van der Waals surface area contributed by atoms with Crippen LogP contribution in [0.5, 0.6) is 0 Å². The quantitative estimate of drug-likeness (QED) is 0.388. The average molecular weight is 459 g/mol. The number of aryl methyl sites for hydroxylation is 2. The monoisotopic (exact) mass is 458 g/mol. The van der Waals surface area contributed by atoms with Crippen LogP contribution in [0, 0.1) is 12.8 Å². The Morgan fingerprint density at radius 2 is 2.09 bits per heavy atom. The van der Waals surface area contributed by atoms with E-state index in [-0.39, 0.29) is 6.03 Å². The average Bonchev–Trinajstić information content (AvgIpc) is 3.19. The number of fused-ring (bicyclic) bond motifs is 2. The van der Waals surface area contributed by atoms with Gasteiger partial charge in [-0.2, -0.15) is 10.2 Å². The van der Waals surface area contributed by atoms with Gasteiger partial charge in [0, 0.05) is 42.6 Å².